The fraction of sp³-hybridized carbons (Fsp3) is 0.273. The maximum absolute atomic E-state index is 12.5. The molecule has 1 rings (SSSR count). The third kappa shape index (κ3) is 4.40. The maximum atomic E-state index is 12.5. The van der Waals surface area contributed by atoms with Crippen molar-refractivity contribution in [1.82, 2.24) is 5.32 Å². The number of halogens is 2. The first-order valence-electron chi connectivity index (χ1n) is 4.47. The Labute approximate surface area is 88.6 Å². The van der Waals surface area contributed by atoms with Crippen molar-refractivity contribution < 1.29 is 4.39 Å². The first-order chi connectivity index (χ1) is 6.68. The van der Waals surface area contributed by atoms with Crippen molar-refractivity contribution in [2.75, 3.05) is 13.1 Å². The Balaban J connectivity index is 2.25. The minimum atomic E-state index is -0.198. The van der Waals surface area contributed by atoms with E-state index in [1.165, 1.54) is 12.1 Å². The normalized spacial score (nSPS) is 10.1. The van der Waals surface area contributed by atoms with Crippen LogP contribution in [0.5, 0.6) is 0 Å². The first-order valence-corrected chi connectivity index (χ1v) is 4.85. The van der Waals surface area contributed by atoms with Crippen molar-refractivity contribution in [2.45, 2.75) is 6.42 Å². The maximum Gasteiger partial charge on any atom is 0.123 e. The highest BCUT2D eigenvalue weighted by atomic mass is 35.5. The highest BCUT2D eigenvalue weighted by Crippen LogP contribution is 2.02. The molecule has 0 bridgehead atoms. The highest BCUT2D eigenvalue weighted by molar-refractivity contribution is 6.29. The molecular weight excluding hydrogens is 201 g/mol. The minimum Gasteiger partial charge on any atom is -0.311 e. The highest BCUT2D eigenvalue weighted by Gasteiger charge is 1.94. The van der Waals surface area contributed by atoms with Gasteiger partial charge in [-0.1, -0.05) is 30.3 Å². The molecule has 0 amide bonds. The lowest BCUT2D eigenvalue weighted by Crippen LogP contribution is -2.18. The molecule has 0 spiro atoms. The lowest BCUT2D eigenvalue weighted by atomic mass is 10.1. The molecule has 1 nitrogen and oxygen atoms in total. The van der Waals surface area contributed by atoms with Crippen LogP contribution in [0.3, 0.4) is 0 Å². The van der Waals surface area contributed by atoms with Crippen molar-refractivity contribution in [3.63, 3.8) is 0 Å². The van der Waals surface area contributed by atoms with Gasteiger partial charge >= 0.3 is 0 Å². The average Bonchev–Trinajstić information content (AvgIpc) is 2.15. The van der Waals surface area contributed by atoms with Crippen LogP contribution in [-0.2, 0) is 6.42 Å². The lowest BCUT2D eigenvalue weighted by molar-refractivity contribution is 0.626. The Bertz CT molecular complexity index is 295. The van der Waals surface area contributed by atoms with E-state index in [0.717, 1.165) is 18.5 Å². The predicted molar refractivity (Wildman–Crippen MR) is 58.0 cm³/mol. The van der Waals surface area contributed by atoms with Gasteiger partial charge in [0.25, 0.3) is 0 Å². The quantitative estimate of drug-likeness (QED) is 0.742. The molecule has 1 aromatic carbocycles. The first kappa shape index (κ1) is 11.2. The van der Waals surface area contributed by atoms with E-state index < -0.39 is 0 Å². The zero-order valence-corrected chi connectivity index (χ0v) is 8.65. The number of rotatable bonds is 5. The molecule has 0 aliphatic carbocycles. The van der Waals surface area contributed by atoms with Crippen molar-refractivity contribution >= 4 is 11.6 Å². The molecule has 0 saturated carbocycles. The minimum absolute atomic E-state index is 0.198. The van der Waals surface area contributed by atoms with Gasteiger partial charge in [0.2, 0.25) is 0 Å². The van der Waals surface area contributed by atoms with Crippen LogP contribution in [0.25, 0.3) is 0 Å². The fourth-order valence-corrected chi connectivity index (χ4v) is 1.20. The van der Waals surface area contributed by atoms with E-state index in [1.807, 2.05) is 0 Å². The molecule has 0 aromatic heterocycles. The smallest absolute Gasteiger partial charge is 0.123 e. The molecule has 0 atom stereocenters. The van der Waals surface area contributed by atoms with Gasteiger partial charge in [0.15, 0.2) is 0 Å². The summed E-state index contributed by atoms with van der Waals surface area (Å²) < 4.78 is 12.5. The average molecular weight is 214 g/mol. The van der Waals surface area contributed by atoms with Gasteiger partial charge in [-0.05, 0) is 30.7 Å². The molecule has 0 heterocycles. The largest absolute Gasteiger partial charge is 0.311 e. The van der Waals surface area contributed by atoms with Crippen LogP contribution in [0.2, 0.25) is 0 Å². The van der Waals surface area contributed by atoms with Gasteiger partial charge < -0.3 is 5.32 Å². The van der Waals surface area contributed by atoms with Gasteiger partial charge in [0.1, 0.15) is 5.82 Å². The summed E-state index contributed by atoms with van der Waals surface area (Å²) in [5.41, 5.74) is 1.11. The van der Waals surface area contributed by atoms with Gasteiger partial charge in [-0.15, -0.1) is 0 Å². The molecule has 76 valence electrons. The Kier molecular flexibility index (Phi) is 4.63. The second-order valence-electron chi connectivity index (χ2n) is 3.07. The summed E-state index contributed by atoms with van der Waals surface area (Å²) in [6.45, 7) is 5.00. The van der Waals surface area contributed by atoms with E-state index in [4.69, 9.17) is 11.6 Å². The van der Waals surface area contributed by atoms with E-state index in [9.17, 15) is 4.39 Å². The Morgan fingerprint density at radius 2 is 2.00 bits per heavy atom. The second kappa shape index (κ2) is 5.78. The van der Waals surface area contributed by atoms with Crippen molar-refractivity contribution in [3.05, 3.63) is 47.3 Å². The molecule has 0 fully saturated rings. The van der Waals surface area contributed by atoms with Gasteiger partial charge in [-0.3, -0.25) is 0 Å². The Morgan fingerprint density at radius 1 is 1.36 bits per heavy atom. The van der Waals surface area contributed by atoms with E-state index in [-0.39, 0.29) is 5.82 Å². The third-order valence-corrected chi connectivity index (χ3v) is 1.95. The van der Waals surface area contributed by atoms with Crippen LogP contribution in [0.4, 0.5) is 4.39 Å². The number of nitrogens with one attached hydrogen (secondary N) is 1. The van der Waals surface area contributed by atoms with E-state index in [0.29, 0.717) is 11.6 Å². The number of benzene rings is 1. The summed E-state index contributed by atoms with van der Waals surface area (Å²) >= 11 is 5.57. The van der Waals surface area contributed by atoms with E-state index in [1.54, 1.807) is 12.1 Å². The summed E-state index contributed by atoms with van der Waals surface area (Å²) in [5.74, 6) is -0.198. The van der Waals surface area contributed by atoms with Crippen LogP contribution in [0.15, 0.2) is 35.9 Å². The van der Waals surface area contributed by atoms with Crippen LogP contribution in [0.1, 0.15) is 5.56 Å². The lowest BCUT2D eigenvalue weighted by Gasteiger charge is -2.03. The third-order valence-electron chi connectivity index (χ3n) is 1.82. The van der Waals surface area contributed by atoms with Crippen LogP contribution in [0, 0.1) is 5.82 Å². The van der Waals surface area contributed by atoms with Gasteiger partial charge in [0, 0.05) is 11.6 Å². The number of hydrogen-bond donors (Lipinski definition) is 1. The van der Waals surface area contributed by atoms with Crippen LogP contribution < -0.4 is 5.32 Å². The topological polar surface area (TPSA) is 12.0 Å². The summed E-state index contributed by atoms with van der Waals surface area (Å²) in [6, 6.07) is 6.50. The SMILES string of the molecule is C=C(Cl)CNCCc1ccc(F)cc1. The molecule has 3 heteroatoms. The molecule has 1 aromatic rings. The van der Waals surface area contributed by atoms with Crippen LogP contribution >= 0.6 is 11.6 Å². The van der Waals surface area contributed by atoms with Gasteiger partial charge in [-0.25, -0.2) is 4.39 Å². The number of hydrogen-bond acceptors (Lipinski definition) is 1. The molecule has 0 radical (unpaired) electrons. The molecule has 1 N–H and O–H groups in total. The summed E-state index contributed by atoms with van der Waals surface area (Å²) in [7, 11) is 0. The summed E-state index contributed by atoms with van der Waals surface area (Å²) in [6.07, 6.45) is 0.866. The molecule has 0 aliphatic heterocycles. The van der Waals surface area contributed by atoms with Crippen molar-refractivity contribution in [1.29, 1.82) is 0 Å². The molecule has 0 saturated heterocycles. The predicted octanol–water partition coefficient (Wildman–Crippen LogP) is 2.71. The standard InChI is InChI=1S/C11H13ClFN/c1-9(12)8-14-7-6-10-2-4-11(13)5-3-10/h2-5,14H,1,6-8H2. The zero-order chi connectivity index (χ0) is 10.4. The molecule has 0 aliphatic rings. The van der Waals surface area contributed by atoms with Crippen molar-refractivity contribution in [3.8, 4) is 0 Å². The molecular formula is C11H13ClFN. The summed E-state index contributed by atoms with van der Waals surface area (Å²) in [4.78, 5) is 0. The summed E-state index contributed by atoms with van der Waals surface area (Å²) in [5, 5.41) is 3.72. The molecule has 14 heavy (non-hydrogen) atoms. The van der Waals surface area contributed by atoms with Gasteiger partial charge in [0.05, 0.1) is 0 Å². The second-order valence-corrected chi connectivity index (χ2v) is 3.61. The van der Waals surface area contributed by atoms with Gasteiger partial charge in [-0.2, -0.15) is 0 Å². The fourth-order valence-electron chi connectivity index (χ4n) is 1.11. The van der Waals surface area contributed by atoms with Crippen LogP contribution in [-0.4, -0.2) is 13.1 Å². The Hall–Kier alpha value is -0.860. The molecule has 0 unspecified atom stereocenters. The van der Waals surface area contributed by atoms with E-state index in [2.05, 4.69) is 11.9 Å². The monoisotopic (exact) mass is 213 g/mol. The van der Waals surface area contributed by atoms with E-state index >= 15 is 0 Å². The van der Waals surface area contributed by atoms with Crippen molar-refractivity contribution in [2.24, 2.45) is 0 Å². The Morgan fingerprint density at radius 3 is 2.57 bits per heavy atom. The zero-order valence-electron chi connectivity index (χ0n) is 7.89.